The van der Waals surface area contributed by atoms with Crippen molar-refractivity contribution in [3.8, 4) is 0 Å². The molecule has 0 saturated carbocycles. The SMILES string of the molecule is CCN1C(=Cc2ccc3c4ccoc4ccc3[n+]2CC)C=Cc2c1ccc1occc21. The summed E-state index contributed by atoms with van der Waals surface area (Å²) in [7, 11) is 0. The fraction of sp³-hybridized carbons (Fsp3) is 0.148. The smallest absolute Gasteiger partial charge is 0.213 e. The number of likely N-dealkylation sites (N-methyl/N-ethyl adjacent to an activating group) is 1. The number of fused-ring (bicyclic) bond motifs is 6. The number of rotatable bonds is 3. The van der Waals surface area contributed by atoms with E-state index in [1.807, 2.05) is 12.1 Å². The summed E-state index contributed by atoms with van der Waals surface area (Å²) < 4.78 is 13.6. The van der Waals surface area contributed by atoms with Crippen LogP contribution in [0.4, 0.5) is 5.69 Å². The number of allylic oxidation sites excluding steroid dienone is 1. The van der Waals surface area contributed by atoms with E-state index in [2.05, 4.69) is 77.9 Å². The lowest BCUT2D eigenvalue weighted by Gasteiger charge is -2.29. The van der Waals surface area contributed by atoms with Crippen molar-refractivity contribution in [2.75, 3.05) is 11.4 Å². The van der Waals surface area contributed by atoms with Crippen LogP contribution in [0.3, 0.4) is 0 Å². The summed E-state index contributed by atoms with van der Waals surface area (Å²) in [5.41, 5.74) is 7.87. The zero-order chi connectivity index (χ0) is 20.9. The van der Waals surface area contributed by atoms with Crippen molar-refractivity contribution in [1.29, 1.82) is 0 Å². The maximum absolute atomic E-state index is 5.59. The van der Waals surface area contributed by atoms with E-state index in [4.69, 9.17) is 8.83 Å². The molecule has 1 aliphatic heterocycles. The van der Waals surface area contributed by atoms with Crippen LogP contribution < -0.4 is 9.47 Å². The quantitative estimate of drug-likeness (QED) is 0.319. The molecule has 4 heteroatoms. The van der Waals surface area contributed by atoms with Gasteiger partial charge in [-0.3, -0.25) is 0 Å². The Kier molecular flexibility index (Phi) is 4.00. The minimum absolute atomic E-state index is 0.891. The molecule has 0 bridgehead atoms. The largest absolute Gasteiger partial charge is 0.464 e. The molecular weight excluding hydrogens is 384 g/mol. The Labute approximate surface area is 180 Å². The predicted octanol–water partition coefficient (Wildman–Crippen LogP) is 6.53. The van der Waals surface area contributed by atoms with Crippen molar-refractivity contribution in [2.24, 2.45) is 0 Å². The van der Waals surface area contributed by atoms with Crippen molar-refractivity contribution in [3.05, 3.63) is 84.1 Å². The fourth-order valence-electron chi connectivity index (χ4n) is 4.84. The highest BCUT2D eigenvalue weighted by Crippen LogP contribution is 2.37. The summed E-state index contributed by atoms with van der Waals surface area (Å²) in [5, 5.41) is 3.53. The minimum Gasteiger partial charge on any atom is -0.464 e. The Morgan fingerprint density at radius 3 is 2.39 bits per heavy atom. The van der Waals surface area contributed by atoms with Gasteiger partial charge in [0.15, 0.2) is 0 Å². The third-order valence-corrected chi connectivity index (χ3v) is 6.28. The Morgan fingerprint density at radius 1 is 0.806 bits per heavy atom. The van der Waals surface area contributed by atoms with Gasteiger partial charge >= 0.3 is 0 Å². The summed E-state index contributed by atoms with van der Waals surface area (Å²) in [6, 6.07) is 17.0. The van der Waals surface area contributed by atoms with Gasteiger partial charge < -0.3 is 13.7 Å². The van der Waals surface area contributed by atoms with Gasteiger partial charge in [0.25, 0.3) is 0 Å². The van der Waals surface area contributed by atoms with Crippen LogP contribution in [0.15, 0.2) is 81.7 Å². The monoisotopic (exact) mass is 407 g/mol. The van der Waals surface area contributed by atoms with Crippen molar-refractivity contribution >= 4 is 50.7 Å². The molecule has 0 unspecified atom stereocenters. The molecule has 152 valence electrons. The third kappa shape index (κ3) is 2.65. The Bertz CT molecular complexity index is 1520. The first kappa shape index (κ1) is 18.0. The first-order valence-electron chi connectivity index (χ1n) is 10.8. The fourth-order valence-corrected chi connectivity index (χ4v) is 4.84. The van der Waals surface area contributed by atoms with E-state index < -0.39 is 0 Å². The molecule has 0 fully saturated rings. The molecule has 0 saturated heterocycles. The Morgan fingerprint density at radius 2 is 1.58 bits per heavy atom. The Balaban J connectivity index is 1.52. The van der Waals surface area contributed by atoms with E-state index in [0.29, 0.717) is 0 Å². The maximum atomic E-state index is 5.59. The number of aryl methyl sites for hydroxylation is 1. The molecule has 0 aliphatic carbocycles. The lowest BCUT2D eigenvalue weighted by atomic mass is 10.0. The second kappa shape index (κ2) is 6.88. The number of aromatic nitrogens is 1. The van der Waals surface area contributed by atoms with Crippen LogP contribution in [-0.4, -0.2) is 6.54 Å². The van der Waals surface area contributed by atoms with Gasteiger partial charge in [-0.25, -0.2) is 0 Å². The third-order valence-electron chi connectivity index (χ3n) is 6.28. The van der Waals surface area contributed by atoms with E-state index in [9.17, 15) is 0 Å². The second-order valence-electron chi connectivity index (χ2n) is 7.81. The van der Waals surface area contributed by atoms with Crippen LogP contribution in [0.2, 0.25) is 0 Å². The van der Waals surface area contributed by atoms with Crippen LogP contribution in [0.1, 0.15) is 25.1 Å². The van der Waals surface area contributed by atoms with Gasteiger partial charge in [-0.15, -0.1) is 0 Å². The molecule has 0 spiro atoms. The first-order valence-corrected chi connectivity index (χ1v) is 10.8. The van der Waals surface area contributed by atoms with Crippen LogP contribution >= 0.6 is 0 Å². The topological polar surface area (TPSA) is 33.4 Å². The van der Waals surface area contributed by atoms with Crippen molar-refractivity contribution in [2.45, 2.75) is 20.4 Å². The van der Waals surface area contributed by atoms with Crippen LogP contribution in [0.25, 0.3) is 45.0 Å². The summed E-state index contributed by atoms with van der Waals surface area (Å²) in [6.07, 6.45) is 10.2. The highest BCUT2D eigenvalue weighted by Gasteiger charge is 2.21. The van der Waals surface area contributed by atoms with Crippen molar-refractivity contribution in [1.82, 2.24) is 0 Å². The maximum Gasteiger partial charge on any atom is 0.213 e. The van der Waals surface area contributed by atoms with E-state index in [1.165, 1.54) is 33.5 Å². The molecule has 0 amide bonds. The normalized spacial score (nSPS) is 14.9. The molecule has 4 nitrogen and oxygen atoms in total. The lowest BCUT2D eigenvalue weighted by molar-refractivity contribution is -0.669. The second-order valence-corrected chi connectivity index (χ2v) is 7.81. The number of hydrogen-bond acceptors (Lipinski definition) is 3. The van der Waals surface area contributed by atoms with Gasteiger partial charge in [-0.05, 0) is 56.3 Å². The Hall–Kier alpha value is -3.79. The molecular formula is C27H23N2O2+. The van der Waals surface area contributed by atoms with Crippen LogP contribution in [0.5, 0.6) is 0 Å². The number of hydrogen-bond donors (Lipinski definition) is 0. The highest BCUT2D eigenvalue weighted by atomic mass is 16.3. The lowest BCUT2D eigenvalue weighted by Crippen LogP contribution is -2.37. The zero-order valence-electron chi connectivity index (χ0n) is 17.6. The summed E-state index contributed by atoms with van der Waals surface area (Å²) in [4.78, 5) is 2.37. The van der Waals surface area contributed by atoms with Gasteiger partial charge in [0.2, 0.25) is 11.2 Å². The summed E-state index contributed by atoms with van der Waals surface area (Å²) >= 11 is 0. The zero-order valence-corrected chi connectivity index (χ0v) is 17.6. The predicted molar refractivity (Wildman–Crippen MR) is 126 cm³/mol. The van der Waals surface area contributed by atoms with E-state index in [0.717, 1.165) is 35.0 Å². The average molecular weight is 407 g/mol. The molecule has 31 heavy (non-hydrogen) atoms. The van der Waals surface area contributed by atoms with Gasteiger partial charge in [-0.2, -0.15) is 4.57 Å². The first-order chi connectivity index (χ1) is 15.3. The van der Waals surface area contributed by atoms with Gasteiger partial charge in [-0.1, -0.05) is 6.08 Å². The van der Waals surface area contributed by atoms with Gasteiger partial charge in [0, 0.05) is 52.5 Å². The molecule has 6 rings (SSSR count). The molecule has 3 aromatic heterocycles. The number of furan rings is 2. The summed E-state index contributed by atoms with van der Waals surface area (Å²) in [5.74, 6) is 0. The number of benzene rings is 2. The molecule has 1 aliphatic rings. The van der Waals surface area contributed by atoms with E-state index in [1.54, 1.807) is 12.5 Å². The van der Waals surface area contributed by atoms with Crippen molar-refractivity contribution < 1.29 is 13.4 Å². The highest BCUT2D eigenvalue weighted by molar-refractivity contribution is 6.03. The molecule has 0 atom stereocenters. The number of anilines is 1. The molecule has 0 N–H and O–H groups in total. The van der Waals surface area contributed by atoms with E-state index >= 15 is 0 Å². The van der Waals surface area contributed by atoms with Crippen LogP contribution in [-0.2, 0) is 6.54 Å². The minimum atomic E-state index is 0.891. The average Bonchev–Trinajstić information content (AvgIpc) is 3.48. The number of nitrogens with zero attached hydrogens (tertiary/aromatic N) is 2. The summed E-state index contributed by atoms with van der Waals surface area (Å²) in [6.45, 7) is 6.17. The molecule has 2 aromatic carbocycles. The van der Waals surface area contributed by atoms with Crippen LogP contribution in [0, 0.1) is 0 Å². The molecule has 5 aromatic rings. The van der Waals surface area contributed by atoms with Gasteiger partial charge in [0.1, 0.15) is 17.7 Å². The number of pyridine rings is 1. The molecule has 0 radical (unpaired) electrons. The standard InChI is InChI=1S/C27H23N2O2/c1-3-28-18(5-7-20-22-13-15-30-26(22)11-9-24(20)28)17-19-6-8-21-23-14-16-31-27(23)12-10-25(21)29(19)4-2/h5-17H,3-4H2,1-2H3/q+1. The molecule has 4 heterocycles. The van der Waals surface area contributed by atoms with E-state index in [-0.39, 0.29) is 0 Å². The van der Waals surface area contributed by atoms with Gasteiger partial charge in [0.05, 0.1) is 17.9 Å². The van der Waals surface area contributed by atoms with Crippen molar-refractivity contribution in [3.63, 3.8) is 0 Å².